The zero-order valence-electron chi connectivity index (χ0n) is 10.4. The zero-order chi connectivity index (χ0) is 11.9. The molecule has 0 aliphatic heterocycles. The van der Waals surface area contributed by atoms with E-state index >= 15 is 0 Å². The first-order valence-corrected chi connectivity index (χ1v) is 6.73. The van der Waals surface area contributed by atoms with Gasteiger partial charge in [-0.25, -0.2) is 0 Å². The molecule has 0 amide bonds. The van der Waals surface area contributed by atoms with Crippen molar-refractivity contribution in [2.45, 2.75) is 56.7 Å². The van der Waals surface area contributed by atoms with E-state index in [1.165, 1.54) is 30.4 Å². The molecule has 0 radical (unpaired) electrons. The van der Waals surface area contributed by atoms with Gasteiger partial charge >= 0.3 is 0 Å². The third-order valence-electron chi connectivity index (χ3n) is 4.46. The monoisotopic (exact) mass is 231 g/mol. The lowest BCUT2D eigenvalue weighted by atomic mass is 9.75. The van der Waals surface area contributed by atoms with Crippen molar-refractivity contribution in [3.05, 3.63) is 35.4 Å². The molecule has 1 aromatic carbocycles. The number of aliphatic hydroxyl groups is 1. The molecule has 2 aliphatic carbocycles. The topological polar surface area (TPSA) is 32.3 Å². The lowest BCUT2D eigenvalue weighted by molar-refractivity contribution is -0.0564. The summed E-state index contributed by atoms with van der Waals surface area (Å²) in [5.41, 5.74) is 2.43. The number of rotatable bonds is 2. The van der Waals surface area contributed by atoms with Crippen molar-refractivity contribution in [3.8, 4) is 0 Å². The summed E-state index contributed by atoms with van der Waals surface area (Å²) in [5.74, 6) is 0. The second-order valence-corrected chi connectivity index (χ2v) is 5.76. The third kappa shape index (κ3) is 2.00. The minimum absolute atomic E-state index is 0.277. The van der Waals surface area contributed by atoms with E-state index in [1.807, 2.05) is 6.92 Å². The van der Waals surface area contributed by atoms with E-state index in [0.29, 0.717) is 6.04 Å². The van der Waals surface area contributed by atoms with Gasteiger partial charge in [-0.3, -0.25) is 0 Å². The Labute approximate surface area is 103 Å². The standard InChI is InChI=1S/C15H21NO/c1-15(17)10-9-14(15)16-13-8-4-6-11-5-2-3-7-12(11)13/h2-3,5,7,13-14,16-17H,4,6,8-10H2,1H3. The molecule has 1 fully saturated rings. The van der Waals surface area contributed by atoms with E-state index < -0.39 is 5.60 Å². The number of nitrogens with one attached hydrogen (secondary N) is 1. The molecule has 2 heteroatoms. The Kier molecular flexibility index (Phi) is 2.72. The predicted octanol–water partition coefficient (Wildman–Crippen LogP) is 2.57. The second kappa shape index (κ2) is 4.11. The molecule has 2 nitrogen and oxygen atoms in total. The molecule has 3 atom stereocenters. The van der Waals surface area contributed by atoms with Crippen LogP contribution in [0.3, 0.4) is 0 Å². The highest BCUT2D eigenvalue weighted by Crippen LogP contribution is 2.36. The average Bonchev–Trinajstić information content (AvgIpc) is 2.35. The van der Waals surface area contributed by atoms with Crippen molar-refractivity contribution < 1.29 is 5.11 Å². The molecule has 0 bridgehead atoms. The molecular formula is C15H21NO. The lowest BCUT2D eigenvalue weighted by Gasteiger charge is -2.45. The highest BCUT2D eigenvalue weighted by Gasteiger charge is 2.42. The molecule has 1 aromatic rings. The molecular weight excluding hydrogens is 210 g/mol. The Morgan fingerprint density at radius 3 is 2.82 bits per heavy atom. The van der Waals surface area contributed by atoms with Crippen molar-refractivity contribution in [1.82, 2.24) is 5.32 Å². The zero-order valence-corrected chi connectivity index (χ0v) is 10.4. The van der Waals surface area contributed by atoms with Gasteiger partial charge < -0.3 is 10.4 Å². The molecule has 3 unspecified atom stereocenters. The lowest BCUT2D eigenvalue weighted by Crippen LogP contribution is -2.57. The highest BCUT2D eigenvalue weighted by atomic mass is 16.3. The van der Waals surface area contributed by atoms with Crippen LogP contribution in [0.2, 0.25) is 0 Å². The first-order valence-electron chi connectivity index (χ1n) is 6.73. The quantitative estimate of drug-likeness (QED) is 0.820. The minimum atomic E-state index is -0.494. The normalized spacial score (nSPS) is 36.1. The van der Waals surface area contributed by atoms with Gasteiger partial charge in [0.2, 0.25) is 0 Å². The Balaban J connectivity index is 1.77. The maximum atomic E-state index is 10.1. The molecule has 0 saturated heterocycles. The predicted molar refractivity (Wildman–Crippen MR) is 68.9 cm³/mol. The van der Waals surface area contributed by atoms with E-state index in [9.17, 15) is 5.11 Å². The molecule has 17 heavy (non-hydrogen) atoms. The van der Waals surface area contributed by atoms with Gasteiger partial charge in [0.25, 0.3) is 0 Å². The number of hydrogen-bond acceptors (Lipinski definition) is 2. The van der Waals surface area contributed by atoms with E-state index in [-0.39, 0.29) is 6.04 Å². The number of fused-ring (bicyclic) bond motifs is 1. The van der Waals surface area contributed by atoms with Crippen LogP contribution in [0.4, 0.5) is 0 Å². The van der Waals surface area contributed by atoms with Gasteiger partial charge in [0.1, 0.15) is 0 Å². The number of aryl methyl sites for hydroxylation is 1. The summed E-state index contributed by atoms with van der Waals surface area (Å²) in [6.07, 6.45) is 5.69. The summed E-state index contributed by atoms with van der Waals surface area (Å²) < 4.78 is 0. The third-order valence-corrected chi connectivity index (χ3v) is 4.46. The fourth-order valence-electron chi connectivity index (χ4n) is 3.14. The fraction of sp³-hybridized carbons (Fsp3) is 0.600. The Bertz CT molecular complexity index is 413. The molecule has 1 saturated carbocycles. The summed E-state index contributed by atoms with van der Waals surface area (Å²) in [6, 6.07) is 9.44. The summed E-state index contributed by atoms with van der Waals surface area (Å²) in [5, 5.41) is 13.7. The van der Waals surface area contributed by atoms with Gasteiger partial charge in [-0.2, -0.15) is 0 Å². The summed E-state index contributed by atoms with van der Waals surface area (Å²) in [4.78, 5) is 0. The Morgan fingerprint density at radius 1 is 1.29 bits per heavy atom. The van der Waals surface area contributed by atoms with Crippen molar-refractivity contribution in [2.24, 2.45) is 0 Å². The van der Waals surface area contributed by atoms with Crippen LogP contribution in [0.5, 0.6) is 0 Å². The molecule has 2 aliphatic rings. The van der Waals surface area contributed by atoms with Crippen LogP contribution in [-0.2, 0) is 6.42 Å². The smallest absolute Gasteiger partial charge is 0.0772 e. The highest BCUT2D eigenvalue weighted by molar-refractivity contribution is 5.32. The minimum Gasteiger partial charge on any atom is -0.389 e. The maximum absolute atomic E-state index is 10.1. The van der Waals surface area contributed by atoms with Gasteiger partial charge in [-0.15, -0.1) is 0 Å². The molecule has 2 N–H and O–H groups in total. The molecule has 3 rings (SSSR count). The summed E-state index contributed by atoms with van der Waals surface area (Å²) in [6.45, 7) is 1.95. The molecule has 92 valence electrons. The first-order chi connectivity index (χ1) is 8.17. The Morgan fingerprint density at radius 2 is 2.12 bits per heavy atom. The van der Waals surface area contributed by atoms with Crippen molar-refractivity contribution >= 4 is 0 Å². The van der Waals surface area contributed by atoms with Crippen molar-refractivity contribution in [1.29, 1.82) is 0 Å². The van der Waals surface area contributed by atoms with Crippen LogP contribution in [0.1, 0.15) is 49.8 Å². The summed E-state index contributed by atoms with van der Waals surface area (Å²) in [7, 11) is 0. The van der Waals surface area contributed by atoms with Crippen molar-refractivity contribution in [3.63, 3.8) is 0 Å². The van der Waals surface area contributed by atoms with Gasteiger partial charge in [-0.05, 0) is 50.2 Å². The number of hydrogen-bond donors (Lipinski definition) is 2. The van der Waals surface area contributed by atoms with Gasteiger partial charge in [-0.1, -0.05) is 24.3 Å². The van der Waals surface area contributed by atoms with E-state index in [0.717, 1.165) is 12.8 Å². The molecule has 0 aromatic heterocycles. The number of benzene rings is 1. The van der Waals surface area contributed by atoms with Crippen LogP contribution in [0.15, 0.2) is 24.3 Å². The van der Waals surface area contributed by atoms with Crippen LogP contribution in [0, 0.1) is 0 Å². The average molecular weight is 231 g/mol. The Hall–Kier alpha value is -0.860. The van der Waals surface area contributed by atoms with Crippen LogP contribution >= 0.6 is 0 Å². The SMILES string of the molecule is CC1(O)CCC1NC1CCCc2ccccc21. The van der Waals surface area contributed by atoms with Crippen molar-refractivity contribution in [2.75, 3.05) is 0 Å². The maximum Gasteiger partial charge on any atom is 0.0772 e. The first kappa shape index (κ1) is 11.2. The van der Waals surface area contributed by atoms with Crippen LogP contribution < -0.4 is 5.32 Å². The van der Waals surface area contributed by atoms with Gasteiger partial charge in [0, 0.05) is 12.1 Å². The summed E-state index contributed by atoms with van der Waals surface area (Å²) >= 11 is 0. The molecule has 0 heterocycles. The van der Waals surface area contributed by atoms with Gasteiger partial charge in [0.05, 0.1) is 5.60 Å². The van der Waals surface area contributed by atoms with E-state index in [4.69, 9.17) is 0 Å². The van der Waals surface area contributed by atoms with E-state index in [1.54, 1.807) is 0 Å². The largest absolute Gasteiger partial charge is 0.389 e. The second-order valence-electron chi connectivity index (χ2n) is 5.76. The van der Waals surface area contributed by atoms with Gasteiger partial charge in [0.15, 0.2) is 0 Å². The molecule has 0 spiro atoms. The van der Waals surface area contributed by atoms with E-state index in [2.05, 4.69) is 29.6 Å². The van der Waals surface area contributed by atoms with Crippen LogP contribution in [0.25, 0.3) is 0 Å². The fourth-order valence-corrected chi connectivity index (χ4v) is 3.14. The van der Waals surface area contributed by atoms with Crippen LogP contribution in [-0.4, -0.2) is 16.7 Å².